The van der Waals surface area contributed by atoms with Gasteiger partial charge in [0.1, 0.15) is 11.9 Å². The number of fused-ring (bicyclic) bond motifs is 1. The number of para-hydroxylation sites is 1. The van der Waals surface area contributed by atoms with Crippen molar-refractivity contribution >= 4 is 11.7 Å². The maximum atomic E-state index is 12.7. The first-order valence-corrected chi connectivity index (χ1v) is 9.31. The monoisotopic (exact) mass is 372 g/mol. The number of nitriles is 1. The van der Waals surface area contributed by atoms with Gasteiger partial charge in [-0.3, -0.25) is 4.79 Å². The van der Waals surface area contributed by atoms with E-state index in [1.807, 2.05) is 35.0 Å². The predicted molar refractivity (Wildman–Crippen MR) is 105 cm³/mol. The minimum Gasteiger partial charge on any atom is -0.367 e. The summed E-state index contributed by atoms with van der Waals surface area (Å²) in [7, 11) is 0. The molecule has 140 valence electrons. The highest BCUT2D eigenvalue weighted by Crippen LogP contribution is 2.27. The van der Waals surface area contributed by atoms with Crippen LogP contribution in [0.15, 0.2) is 48.7 Å². The van der Waals surface area contributed by atoms with Gasteiger partial charge in [0, 0.05) is 30.5 Å². The second-order valence-electron chi connectivity index (χ2n) is 6.57. The van der Waals surface area contributed by atoms with E-state index in [4.69, 9.17) is 5.26 Å². The molecule has 7 heteroatoms. The molecule has 0 bridgehead atoms. The van der Waals surface area contributed by atoms with E-state index in [1.54, 1.807) is 18.3 Å². The lowest BCUT2D eigenvalue weighted by atomic mass is 10.2. The van der Waals surface area contributed by atoms with Crippen molar-refractivity contribution in [1.82, 2.24) is 20.1 Å². The van der Waals surface area contributed by atoms with Gasteiger partial charge in [0.2, 0.25) is 0 Å². The van der Waals surface area contributed by atoms with Crippen molar-refractivity contribution in [3.8, 4) is 11.8 Å². The van der Waals surface area contributed by atoms with Crippen LogP contribution in [0, 0.1) is 11.3 Å². The molecule has 2 heterocycles. The van der Waals surface area contributed by atoms with Gasteiger partial charge in [0.15, 0.2) is 5.69 Å². The zero-order valence-electron chi connectivity index (χ0n) is 15.4. The number of hydrogen-bond donors (Lipinski definition) is 2. The van der Waals surface area contributed by atoms with E-state index in [9.17, 15) is 4.79 Å². The second kappa shape index (κ2) is 7.92. The van der Waals surface area contributed by atoms with Crippen molar-refractivity contribution in [3.63, 3.8) is 0 Å². The number of nitrogens with one attached hydrogen (secondary N) is 2. The zero-order chi connectivity index (χ0) is 19.3. The number of amides is 1. The van der Waals surface area contributed by atoms with Crippen molar-refractivity contribution in [2.75, 3.05) is 18.4 Å². The molecule has 0 atom stereocenters. The van der Waals surface area contributed by atoms with Gasteiger partial charge in [-0.05, 0) is 43.5 Å². The Hall–Kier alpha value is -3.66. The highest BCUT2D eigenvalue weighted by molar-refractivity contribution is 5.94. The third-order valence-electron chi connectivity index (χ3n) is 4.78. The molecule has 0 unspecified atom stereocenters. The van der Waals surface area contributed by atoms with Crippen molar-refractivity contribution in [2.45, 2.75) is 19.3 Å². The number of carbonyl (C=O) groups excluding carboxylic acids is 1. The molecular formula is C21H20N6O. The molecule has 1 aromatic carbocycles. The first-order valence-electron chi connectivity index (χ1n) is 9.31. The fourth-order valence-corrected chi connectivity index (χ4v) is 3.48. The summed E-state index contributed by atoms with van der Waals surface area (Å²) in [6, 6.07) is 15.4. The smallest absolute Gasteiger partial charge is 0.272 e. The molecule has 3 aromatic rings. The number of rotatable bonds is 6. The maximum Gasteiger partial charge on any atom is 0.272 e. The summed E-state index contributed by atoms with van der Waals surface area (Å²) in [6.07, 6.45) is 4.48. The first kappa shape index (κ1) is 17.7. The predicted octanol–water partition coefficient (Wildman–Crippen LogP) is 2.47. The van der Waals surface area contributed by atoms with Crippen LogP contribution in [0.5, 0.6) is 0 Å². The zero-order valence-corrected chi connectivity index (χ0v) is 15.4. The lowest BCUT2D eigenvalue weighted by Gasteiger charge is -2.08. The Bertz CT molecular complexity index is 1030. The first-order chi connectivity index (χ1) is 13.8. The molecule has 2 aromatic heterocycles. The van der Waals surface area contributed by atoms with Crippen LogP contribution in [-0.4, -0.2) is 33.8 Å². The SMILES string of the molecule is N#Cc1cccnc1NCCNC(=O)c1nn(-c2ccccc2)c2c1CCC2. The lowest BCUT2D eigenvalue weighted by Crippen LogP contribution is -2.30. The molecule has 1 amide bonds. The molecular weight excluding hydrogens is 352 g/mol. The van der Waals surface area contributed by atoms with Crippen molar-refractivity contribution < 1.29 is 4.79 Å². The van der Waals surface area contributed by atoms with Crippen LogP contribution in [0.4, 0.5) is 5.82 Å². The Kier molecular flexibility index (Phi) is 5.02. The Morgan fingerprint density at radius 1 is 1.14 bits per heavy atom. The Morgan fingerprint density at radius 3 is 2.82 bits per heavy atom. The van der Waals surface area contributed by atoms with Crippen LogP contribution < -0.4 is 10.6 Å². The summed E-state index contributed by atoms with van der Waals surface area (Å²) in [4.78, 5) is 16.8. The topological polar surface area (TPSA) is 95.6 Å². The van der Waals surface area contributed by atoms with Crippen LogP contribution in [0.25, 0.3) is 5.69 Å². The highest BCUT2D eigenvalue weighted by Gasteiger charge is 2.26. The molecule has 0 saturated heterocycles. The number of nitrogens with zero attached hydrogens (tertiary/aromatic N) is 4. The van der Waals surface area contributed by atoms with Gasteiger partial charge in [0.05, 0.1) is 11.3 Å². The van der Waals surface area contributed by atoms with Gasteiger partial charge >= 0.3 is 0 Å². The molecule has 0 saturated carbocycles. The normalized spacial score (nSPS) is 12.2. The van der Waals surface area contributed by atoms with Gasteiger partial charge < -0.3 is 10.6 Å². The molecule has 2 N–H and O–H groups in total. The van der Waals surface area contributed by atoms with E-state index in [1.165, 1.54) is 0 Å². The molecule has 0 aliphatic heterocycles. The molecule has 4 rings (SSSR count). The van der Waals surface area contributed by atoms with Gasteiger partial charge in [-0.15, -0.1) is 0 Å². The second-order valence-corrected chi connectivity index (χ2v) is 6.57. The van der Waals surface area contributed by atoms with Gasteiger partial charge in [0.25, 0.3) is 5.91 Å². The number of aromatic nitrogens is 3. The van der Waals surface area contributed by atoms with E-state index in [-0.39, 0.29) is 5.91 Å². The molecule has 1 aliphatic carbocycles. The molecule has 0 spiro atoms. The van der Waals surface area contributed by atoms with E-state index < -0.39 is 0 Å². The summed E-state index contributed by atoms with van der Waals surface area (Å²) < 4.78 is 1.89. The van der Waals surface area contributed by atoms with E-state index in [0.29, 0.717) is 30.2 Å². The van der Waals surface area contributed by atoms with Crippen LogP contribution in [0.2, 0.25) is 0 Å². The molecule has 0 radical (unpaired) electrons. The maximum absolute atomic E-state index is 12.7. The third-order valence-corrected chi connectivity index (χ3v) is 4.78. The summed E-state index contributed by atoms with van der Waals surface area (Å²) >= 11 is 0. The average molecular weight is 372 g/mol. The number of carbonyl (C=O) groups is 1. The van der Waals surface area contributed by atoms with E-state index in [2.05, 4.69) is 26.8 Å². The average Bonchev–Trinajstić information content (AvgIpc) is 3.35. The number of hydrogen-bond acceptors (Lipinski definition) is 5. The van der Waals surface area contributed by atoms with Crippen molar-refractivity contribution in [1.29, 1.82) is 5.26 Å². The fourth-order valence-electron chi connectivity index (χ4n) is 3.48. The fraction of sp³-hybridized carbons (Fsp3) is 0.238. The number of benzene rings is 1. The van der Waals surface area contributed by atoms with Gasteiger partial charge in [-0.25, -0.2) is 9.67 Å². The molecule has 0 fully saturated rings. The van der Waals surface area contributed by atoms with Crippen molar-refractivity contribution in [3.05, 3.63) is 71.2 Å². The van der Waals surface area contributed by atoms with Crippen molar-refractivity contribution in [2.24, 2.45) is 0 Å². The number of pyridine rings is 1. The highest BCUT2D eigenvalue weighted by atomic mass is 16.2. The minimum atomic E-state index is -0.170. The largest absolute Gasteiger partial charge is 0.367 e. The summed E-state index contributed by atoms with van der Waals surface area (Å²) in [5, 5.41) is 19.7. The summed E-state index contributed by atoms with van der Waals surface area (Å²) in [6.45, 7) is 0.881. The van der Waals surface area contributed by atoms with Crippen LogP contribution >= 0.6 is 0 Å². The number of anilines is 1. The standard InChI is InChI=1S/C21H20N6O/c22-14-15-6-5-11-23-20(15)24-12-13-25-21(28)19-17-9-4-10-18(17)27(26-19)16-7-2-1-3-8-16/h1-3,5-8,11H,4,9-10,12-13H2,(H,23,24)(H,25,28). The van der Waals surface area contributed by atoms with Gasteiger partial charge in [-0.1, -0.05) is 18.2 Å². The Labute approximate surface area is 163 Å². The summed E-state index contributed by atoms with van der Waals surface area (Å²) in [5.41, 5.74) is 4.13. The Morgan fingerprint density at radius 2 is 2.00 bits per heavy atom. The molecule has 1 aliphatic rings. The third kappa shape index (κ3) is 3.45. The van der Waals surface area contributed by atoms with Gasteiger partial charge in [-0.2, -0.15) is 10.4 Å². The van der Waals surface area contributed by atoms with Crippen LogP contribution in [0.3, 0.4) is 0 Å². The minimum absolute atomic E-state index is 0.170. The van der Waals surface area contributed by atoms with E-state index >= 15 is 0 Å². The van der Waals surface area contributed by atoms with Crippen LogP contribution in [0.1, 0.15) is 33.7 Å². The molecule has 7 nitrogen and oxygen atoms in total. The quantitative estimate of drug-likeness (QED) is 0.648. The Balaban J connectivity index is 1.42. The van der Waals surface area contributed by atoms with Crippen LogP contribution in [-0.2, 0) is 12.8 Å². The van der Waals surface area contributed by atoms with E-state index in [0.717, 1.165) is 36.2 Å². The summed E-state index contributed by atoms with van der Waals surface area (Å²) in [5.74, 6) is 0.352. The lowest BCUT2D eigenvalue weighted by molar-refractivity contribution is 0.0949. The molecule has 28 heavy (non-hydrogen) atoms.